The summed E-state index contributed by atoms with van der Waals surface area (Å²) in [6.07, 6.45) is 5.95. The van der Waals surface area contributed by atoms with E-state index in [2.05, 4.69) is 12.0 Å². The quantitative estimate of drug-likeness (QED) is 0.614. The highest BCUT2D eigenvalue weighted by Crippen LogP contribution is 2.40. The number of nitrogens with zero attached hydrogens (tertiary/aromatic N) is 1. The molecule has 1 atom stereocenters. The van der Waals surface area contributed by atoms with E-state index in [1.807, 2.05) is 13.0 Å². The summed E-state index contributed by atoms with van der Waals surface area (Å²) in [6, 6.07) is 7.53. The highest BCUT2D eigenvalue weighted by molar-refractivity contribution is 5.92. The lowest BCUT2D eigenvalue weighted by molar-refractivity contribution is -0.139. The zero-order valence-corrected chi connectivity index (χ0v) is 15.7. The van der Waals surface area contributed by atoms with Crippen molar-refractivity contribution >= 4 is 5.97 Å². The van der Waals surface area contributed by atoms with Crippen LogP contribution in [0.25, 0.3) is 0 Å². The van der Waals surface area contributed by atoms with Crippen molar-refractivity contribution in [1.29, 1.82) is 5.26 Å². The van der Waals surface area contributed by atoms with E-state index in [9.17, 15) is 10.1 Å². The second-order valence-corrected chi connectivity index (χ2v) is 5.83. The summed E-state index contributed by atoms with van der Waals surface area (Å²) in [4.78, 5) is 12.5. The Morgan fingerprint density at radius 3 is 2.74 bits per heavy atom. The molecule has 1 aromatic rings. The number of carbonyl (C=O) groups excluding carboxylic acids is 1. The molecule has 0 aliphatic carbocycles. The van der Waals surface area contributed by atoms with Crippen molar-refractivity contribution in [3.05, 3.63) is 52.1 Å². The molecule has 0 fully saturated rings. The second-order valence-electron chi connectivity index (χ2n) is 5.83. The summed E-state index contributed by atoms with van der Waals surface area (Å²) in [5, 5.41) is 9.62. The molecular formula is C21H22N2O4. The first-order chi connectivity index (χ1) is 13.0. The van der Waals surface area contributed by atoms with E-state index in [4.69, 9.17) is 26.4 Å². The number of nitrogens with two attached hydrogens (primary N) is 1. The molecule has 1 aliphatic rings. The standard InChI is InChI=1S/C21H22N2O4/c1-5-10-26-17-9-8-15(11-14(17)6-2)19-16(12-22)20(23)27-13(4)18(19)21(24)25-7-3/h1,8-9,11,19H,6-7,10,23H2,2-4H3. The SMILES string of the molecule is C#CCOc1ccc(C2C(C#N)=C(N)OC(C)=C2C(=O)OCC)cc1CC. The molecule has 1 aromatic carbocycles. The molecule has 0 saturated carbocycles. The maximum Gasteiger partial charge on any atom is 0.338 e. The van der Waals surface area contributed by atoms with Crippen molar-refractivity contribution < 1.29 is 19.0 Å². The number of carbonyl (C=O) groups is 1. The third-order valence-electron chi connectivity index (χ3n) is 4.21. The lowest BCUT2D eigenvalue weighted by atomic mass is 9.82. The van der Waals surface area contributed by atoms with Crippen LogP contribution in [0.2, 0.25) is 0 Å². The van der Waals surface area contributed by atoms with Gasteiger partial charge in [0.1, 0.15) is 29.8 Å². The predicted molar refractivity (Wildman–Crippen MR) is 100 cm³/mol. The lowest BCUT2D eigenvalue weighted by Crippen LogP contribution is -2.25. The summed E-state index contributed by atoms with van der Waals surface area (Å²) >= 11 is 0. The van der Waals surface area contributed by atoms with E-state index >= 15 is 0 Å². The number of rotatable bonds is 6. The fraction of sp³-hybridized carbons (Fsp3) is 0.333. The number of ether oxygens (including phenoxy) is 3. The van der Waals surface area contributed by atoms with Gasteiger partial charge in [-0.1, -0.05) is 25.0 Å². The van der Waals surface area contributed by atoms with Gasteiger partial charge in [-0.3, -0.25) is 0 Å². The van der Waals surface area contributed by atoms with Crippen LogP contribution in [0.1, 0.15) is 37.8 Å². The van der Waals surface area contributed by atoms with Gasteiger partial charge in [0, 0.05) is 0 Å². The lowest BCUT2D eigenvalue weighted by Gasteiger charge is -2.27. The van der Waals surface area contributed by atoms with Crippen LogP contribution < -0.4 is 10.5 Å². The topological polar surface area (TPSA) is 94.6 Å². The van der Waals surface area contributed by atoms with Gasteiger partial charge in [0.25, 0.3) is 0 Å². The second kappa shape index (κ2) is 8.82. The number of hydrogen-bond donors (Lipinski definition) is 1. The van der Waals surface area contributed by atoms with E-state index in [1.165, 1.54) is 0 Å². The van der Waals surface area contributed by atoms with Crippen LogP contribution in [0, 0.1) is 23.7 Å². The number of terminal acetylenes is 1. The molecule has 6 heteroatoms. The number of aryl methyl sites for hydroxylation is 1. The summed E-state index contributed by atoms with van der Waals surface area (Å²) in [5.74, 6) is 2.20. The van der Waals surface area contributed by atoms with Gasteiger partial charge in [-0.2, -0.15) is 5.26 Å². The first-order valence-corrected chi connectivity index (χ1v) is 8.62. The fourth-order valence-corrected chi connectivity index (χ4v) is 3.00. The Kier molecular flexibility index (Phi) is 6.51. The highest BCUT2D eigenvalue weighted by Gasteiger charge is 2.36. The van der Waals surface area contributed by atoms with E-state index < -0.39 is 11.9 Å². The molecule has 6 nitrogen and oxygen atoms in total. The van der Waals surface area contributed by atoms with Crippen LogP contribution in [0.15, 0.2) is 41.0 Å². The van der Waals surface area contributed by atoms with Crippen LogP contribution in [0.5, 0.6) is 5.75 Å². The normalized spacial score (nSPS) is 16.3. The highest BCUT2D eigenvalue weighted by atomic mass is 16.5. The first kappa shape index (κ1) is 19.9. The zero-order chi connectivity index (χ0) is 20.0. The maximum absolute atomic E-state index is 12.5. The van der Waals surface area contributed by atoms with Gasteiger partial charge >= 0.3 is 5.97 Å². The van der Waals surface area contributed by atoms with Crippen LogP contribution in [0.4, 0.5) is 0 Å². The van der Waals surface area contributed by atoms with Crippen LogP contribution in [0.3, 0.4) is 0 Å². The van der Waals surface area contributed by atoms with E-state index in [1.54, 1.807) is 26.0 Å². The van der Waals surface area contributed by atoms with Gasteiger partial charge in [-0.25, -0.2) is 4.79 Å². The molecule has 140 valence electrons. The van der Waals surface area contributed by atoms with Crippen molar-refractivity contribution in [1.82, 2.24) is 0 Å². The first-order valence-electron chi connectivity index (χ1n) is 8.62. The largest absolute Gasteiger partial charge is 0.481 e. The summed E-state index contributed by atoms with van der Waals surface area (Å²) in [5.41, 5.74) is 7.98. The number of nitriles is 1. The zero-order valence-electron chi connectivity index (χ0n) is 15.7. The average Bonchev–Trinajstić information content (AvgIpc) is 2.65. The van der Waals surface area contributed by atoms with Gasteiger partial charge in [-0.05, 0) is 37.5 Å². The molecule has 0 amide bonds. The molecule has 0 spiro atoms. The Morgan fingerprint density at radius 2 is 2.15 bits per heavy atom. The molecular weight excluding hydrogens is 344 g/mol. The smallest absolute Gasteiger partial charge is 0.338 e. The number of allylic oxidation sites excluding steroid dienone is 2. The molecule has 2 N–H and O–H groups in total. The number of benzene rings is 1. The summed E-state index contributed by atoms with van der Waals surface area (Å²) < 4.78 is 16.2. The van der Waals surface area contributed by atoms with Crippen molar-refractivity contribution in [2.75, 3.05) is 13.2 Å². The Balaban J connectivity index is 2.59. The minimum atomic E-state index is -0.671. The monoisotopic (exact) mass is 366 g/mol. The molecule has 0 saturated heterocycles. The minimum absolute atomic E-state index is 0.0150. The molecule has 2 rings (SSSR count). The van der Waals surface area contributed by atoms with Gasteiger partial charge < -0.3 is 19.9 Å². The van der Waals surface area contributed by atoms with Crippen molar-refractivity contribution in [2.45, 2.75) is 33.1 Å². The van der Waals surface area contributed by atoms with E-state index in [0.717, 1.165) is 11.1 Å². The molecule has 0 radical (unpaired) electrons. The van der Waals surface area contributed by atoms with Gasteiger partial charge in [0.15, 0.2) is 0 Å². The Labute approximate surface area is 159 Å². The van der Waals surface area contributed by atoms with Crippen molar-refractivity contribution in [3.8, 4) is 24.2 Å². The molecule has 1 aliphatic heterocycles. The Hall–Kier alpha value is -3.38. The van der Waals surface area contributed by atoms with Crippen molar-refractivity contribution in [2.24, 2.45) is 5.73 Å². The Bertz CT molecular complexity index is 884. The van der Waals surface area contributed by atoms with Crippen molar-refractivity contribution in [3.63, 3.8) is 0 Å². The minimum Gasteiger partial charge on any atom is -0.481 e. The number of hydrogen-bond acceptors (Lipinski definition) is 6. The van der Waals surface area contributed by atoms with Gasteiger partial charge in [0.2, 0.25) is 5.88 Å². The number of esters is 1. The molecule has 0 aromatic heterocycles. The van der Waals surface area contributed by atoms with E-state index in [0.29, 0.717) is 17.9 Å². The van der Waals surface area contributed by atoms with Crippen LogP contribution >= 0.6 is 0 Å². The molecule has 27 heavy (non-hydrogen) atoms. The summed E-state index contributed by atoms with van der Waals surface area (Å²) in [7, 11) is 0. The van der Waals surface area contributed by atoms with Gasteiger partial charge in [-0.15, -0.1) is 6.42 Å². The van der Waals surface area contributed by atoms with Crippen LogP contribution in [-0.2, 0) is 20.7 Å². The van der Waals surface area contributed by atoms with Gasteiger partial charge in [0.05, 0.1) is 18.1 Å². The Morgan fingerprint density at radius 1 is 1.41 bits per heavy atom. The maximum atomic E-state index is 12.5. The fourth-order valence-electron chi connectivity index (χ4n) is 3.00. The van der Waals surface area contributed by atoms with Crippen LogP contribution in [-0.4, -0.2) is 19.2 Å². The molecule has 0 bridgehead atoms. The third kappa shape index (κ3) is 4.07. The molecule has 1 unspecified atom stereocenters. The molecule has 1 heterocycles. The predicted octanol–water partition coefficient (Wildman–Crippen LogP) is 2.91. The van der Waals surface area contributed by atoms with E-state index in [-0.39, 0.29) is 30.2 Å². The average molecular weight is 366 g/mol. The summed E-state index contributed by atoms with van der Waals surface area (Å²) in [6.45, 7) is 5.70. The third-order valence-corrected chi connectivity index (χ3v) is 4.21.